The van der Waals surface area contributed by atoms with Crippen LogP contribution in [0, 0.1) is 0 Å². The Kier molecular flexibility index (Phi) is 5.38. The van der Waals surface area contributed by atoms with Crippen LogP contribution in [0.15, 0.2) is 170 Å². The zero-order valence-electron chi connectivity index (χ0n) is 25.2. The smallest absolute Gasteiger partial charge is 0.00137 e. The maximum absolute atomic E-state index is 2.36. The molecule has 0 radical (unpaired) electrons. The maximum atomic E-state index is 2.36. The van der Waals surface area contributed by atoms with Crippen molar-refractivity contribution in [1.82, 2.24) is 0 Å². The van der Waals surface area contributed by atoms with Gasteiger partial charge in [-0.15, -0.1) is 0 Å². The number of fused-ring (bicyclic) bond motifs is 5. The van der Waals surface area contributed by atoms with Gasteiger partial charge in [-0.05, 0) is 98.0 Å². The van der Waals surface area contributed by atoms with Crippen LogP contribution in [0.25, 0.3) is 98.0 Å². The van der Waals surface area contributed by atoms with E-state index in [2.05, 4.69) is 170 Å². The van der Waals surface area contributed by atoms with E-state index in [-0.39, 0.29) is 0 Å². The predicted molar refractivity (Wildman–Crippen MR) is 199 cm³/mol. The fourth-order valence-electron chi connectivity index (χ4n) is 8.04. The lowest BCUT2D eigenvalue weighted by molar-refractivity contribution is 1.60. The maximum Gasteiger partial charge on any atom is -0.00137 e. The van der Waals surface area contributed by atoms with Crippen LogP contribution in [0.4, 0.5) is 0 Å². The van der Waals surface area contributed by atoms with Crippen LogP contribution in [0.5, 0.6) is 0 Å². The van der Waals surface area contributed by atoms with Crippen LogP contribution in [0.1, 0.15) is 0 Å². The van der Waals surface area contributed by atoms with Crippen LogP contribution in [-0.2, 0) is 0 Å². The molecule has 10 aromatic rings. The number of benzene rings is 10. The highest BCUT2D eigenvalue weighted by atomic mass is 14.2. The molecule has 0 unspecified atom stereocenters. The van der Waals surface area contributed by atoms with Gasteiger partial charge < -0.3 is 0 Å². The average Bonchev–Trinajstić information content (AvgIpc) is 3.13. The first-order valence-corrected chi connectivity index (χ1v) is 16.0. The zero-order valence-corrected chi connectivity index (χ0v) is 25.2. The van der Waals surface area contributed by atoms with Gasteiger partial charge >= 0.3 is 0 Å². The third-order valence-corrected chi connectivity index (χ3v) is 10.0. The van der Waals surface area contributed by atoms with Crippen LogP contribution in [0.3, 0.4) is 0 Å². The average molecular weight is 581 g/mol. The largest absolute Gasteiger partial charge is 0.0622 e. The Balaban J connectivity index is 1.28. The lowest BCUT2D eigenvalue weighted by atomic mass is 9.82. The first kappa shape index (κ1) is 25.4. The van der Waals surface area contributed by atoms with Gasteiger partial charge in [-0.3, -0.25) is 0 Å². The van der Waals surface area contributed by atoms with Gasteiger partial charge in [-0.1, -0.05) is 170 Å². The predicted octanol–water partition coefficient (Wildman–Crippen LogP) is 13.0. The molecular formula is C46H28. The molecule has 0 heterocycles. The molecule has 0 amide bonds. The minimum Gasteiger partial charge on any atom is -0.0622 e. The Labute approximate surface area is 267 Å². The number of hydrogen-bond donors (Lipinski definition) is 0. The Hall–Kier alpha value is -5.98. The molecule has 212 valence electrons. The highest BCUT2D eigenvalue weighted by Crippen LogP contribution is 2.49. The van der Waals surface area contributed by atoms with Crippen molar-refractivity contribution in [3.63, 3.8) is 0 Å². The van der Waals surface area contributed by atoms with Crippen molar-refractivity contribution >= 4 is 64.6 Å². The third kappa shape index (κ3) is 3.56. The molecule has 0 spiro atoms. The summed E-state index contributed by atoms with van der Waals surface area (Å²) < 4.78 is 0. The van der Waals surface area contributed by atoms with E-state index in [1.165, 1.54) is 98.0 Å². The van der Waals surface area contributed by atoms with Gasteiger partial charge in [0, 0.05) is 0 Å². The second-order valence-electron chi connectivity index (χ2n) is 12.4. The first-order chi connectivity index (χ1) is 22.8. The summed E-state index contributed by atoms with van der Waals surface area (Å²) in [7, 11) is 0. The quantitative estimate of drug-likeness (QED) is 0.144. The molecule has 10 rings (SSSR count). The van der Waals surface area contributed by atoms with Crippen molar-refractivity contribution in [3.8, 4) is 33.4 Å². The second-order valence-corrected chi connectivity index (χ2v) is 12.4. The molecule has 0 saturated heterocycles. The third-order valence-electron chi connectivity index (χ3n) is 10.0. The molecule has 0 fully saturated rings. The Morgan fingerprint density at radius 2 is 0.674 bits per heavy atom. The van der Waals surface area contributed by atoms with Crippen molar-refractivity contribution in [2.24, 2.45) is 0 Å². The van der Waals surface area contributed by atoms with Crippen molar-refractivity contribution in [3.05, 3.63) is 170 Å². The molecule has 0 aliphatic heterocycles. The van der Waals surface area contributed by atoms with Crippen molar-refractivity contribution < 1.29 is 0 Å². The molecule has 0 bridgehead atoms. The molecule has 10 aromatic carbocycles. The van der Waals surface area contributed by atoms with Gasteiger partial charge in [-0.2, -0.15) is 0 Å². The SMILES string of the molecule is c1ccc(-c2ccc(-c3ccc(-c4c5ccccc5c5c6cccc7cccc(c8cccc4c85)c76)c4ccccc34)cc2)cc1. The van der Waals surface area contributed by atoms with Gasteiger partial charge in [0.15, 0.2) is 0 Å². The fourth-order valence-corrected chi connectivity index (χ4v) is 8.04. The Morgan fingerprint density at radius 1 is 0.217 bits per heavy atom. The Bertz CT molecular complexity index is 2760. The van der Waals surface area contributed by atoms with Gasteiger partial charge in [-0.25, -0.2) is 0 Å². The summed E-state index contributed by atoms with van der Waals surface area (Å²) in [6.07, 6.45) is 0. The van der Waals surface area contributed by atoms with E-state index in [0.717, 1.165) is 0 Å². The standard InChI is InChI=1S/C46H28/c1-2-11-29(12-3-1)30-23-25-31(26-24-30)33-27-28-40(35-16-5-4-15-34(33)35)44-37-17-6-7-18-38(37)45-41-21-9-14-32-13-8-19-36(43(32)41)39-20-10-22-42(44)46(39)45/h1-28H. The second kappa shape index (κ2) is 9.76. The molecule has 0 aliphatic carbocycles. The molecular weight excluding hydrogens is 553 g/mol. The monoisotopic (exact) mass is 580 g/mol. The Morgan fingerprint density at radius 3 is 1.43 bits per heavy atom. The van der Waals surface area contributed by atoms with Crippen LogP contribution in [-0.4, -0.2) is 0 Å². The molecule has 0 nitrogen and oxygen atoms in total. The lowest BCUT2D eigenvalue weighted by Gasteiger charge is -2.21. The highest BCUT2D eigenvalue weighted by molar-refractivity contribution is 6.40. The van der Waals surface area contributed by atoms with Gasteiger partial charge in [0.1, 0.15) is 0 Å². The molecule has 0 saturated carbocycles. The molecule has 0 aliphatic rings. The van der Waals surface area contributed by atoms with Crippen LogP contribution in [0.2, 0.25) is 0 Å². The summed E-state index contributed by atoms with van der Waals surface area (Å²) in [5, 5.41) is 15.8. The highest BCUT2D eigenvalue weighted by Gasteiger charge is 2.21. The van der Waals surface area contributed by atoms with Crippen molar-refractivity contribution in [2.45, 2.75) is 0 Å². The van der Waals surface area contributed by atoms with E-state index in [1.807, 2.05) is 0 Å². The topological polar surface area (TPSA) is 0 Å². The van der Waals surface area contributed by atoms with Gasteiger partial charge in [0.25, 0.3) is 0 Å². The minimum absolute atomic E-state index is 1.23. The summed E-state index contributed by atoms with van der Waals surface area (Å²) in [4.78, 5) is 0. The van der Waals surface area contributed by atoms with E-state index in [4.69, 9.17) is 0 Å². The number of hydrogen-bond acceptors (Lipinski definition) is 0. The van der Waals surface area contributed by atoms with E-state index in [9.17, 15) is 0 Å². The van der Waals surface area contributed by atoms with E-state index >= 15 is 0 Å². The molecule has 0 N–H and O–H groups in total. The molecule has 0 aromatic heterocycles. The summed E-state index contributed by atoms with van der Waals surface area (Å²) in [5.41, 5.74) is 7.54. The lowest BCUT2D eigenvalue weighted by Crippen LogP contribution is -1.93. The van der Waals surface area contributed by atoms with E-state index in [0.29, 0.717) is 0 Å². The molecule has 46 heavy (non-hydrogen) atoms. The van der Waals surface area contributed by atoms with E-state index < -0.39 is 0 Å². The summed E-state index contributed by atoms with van der Waals surface area (Å²) in [5.74, 6) is 0. The first-order valence-electron chi connectivity index (χ1n) is 16.0. The summed E-state index contributed by atoms with van der Waals surface area (Å²) in [6.45, 7) is 0. The molecule has 0 atom stereocenters. The normalized spacial score (nSPS) is 11.9. The van der Waals surface area contributed by atoms with Crippen molar-refractivity contribution in [2.75, 3.05) is 0 Å². The summed E-state index contributed by atoms with van der Waals surface area (Å²) >= 11 is 0. The van der Waals surface area contributed by atoms with E-state index in [1.54, 1.807) is 0 Å². The minimum atomic E-state index is 1.23. The number of rotatable bonds is 3. The van der Waals surface area contributed by atoms with Crippen LogP contribution >= 0.6 is 0 Å². The molecule has 0 heteroatoms. The zero-order chi connectivity index (χ0) is 30.2. The van der Waals surface area contributed by atoms with Crippen molar-refractivity contribution in [1.29, 1.82) is 0 Å². The summed E-state index contributed by atoms with van der Waals surface area (Å²) in [6, 6.07) is 62.7. The van der Waals surface area contributed by atoms with Crippen LogP contribution < -0.4 is 0 Å². The van der Waals surface area contributed by atoms with Gasteiger partial charge in [0.2, 0.25) is 0 Å². The van der Waals surface area contributed by atoms with Gasteiger partial charge in [0.05, 0.1) is 0 Å². The fraction of sp³-hybridized carbons (Fsp3) is 0.